The van der Waals surface area contributed by atoms with Crippen LogP contribution in [0.2, 0.25) is 0 Å². The number of aryl methyl sites for hydroxylation is 1. The Bertz CT molecular complexity index is 1420. The minimum Gasteiger partial charge on any atom is -0.370 e. The average Bonchev–Trinajstić information content (AvgIpc) is 3.29. The van der Waals surface area contributed by atoms with Gasteiger partial charge in [-0.2, -0.15) is 23.3 Å². The summed E-state index contributed by atoms with van der Waals surface area (Å²) in [6.45, 7) is 3.30. The Morgan fingerprint density at radius 3 is 2.53 bits per heavy atom. The summed E-state index contributed by atoms with van der Waals surface area (Å²) < 4.78 is 56.4. The lowest BCUT2D eigenvalue weighted by atomic mass is 9.88. The molecule has 5 rings (SSSR count). The molecule has 12 heteroatoms. The lowest BCUT2D eigenvalue weighted by molar-refractivity contribution is -0.148. The number of halogens is 4. The Labute approximate surface area is 216 Å². The first-order chi connectivity index (χ1) is 18.2. The molecule has 0 aliphatic carbocycles. The molecule has 0 amide bonds. The number of nitrogens with zero attached hydrogens (tertiary/aromatic N) is 6. The van der Waals surface area contributed by atoms with Crippen molar-refractivity contribution in [3.05, 3.63) is 83.3 Å². The van der Waals surface area contributed by atoms with E-state index >= 15 is 0 Å². The van der Waals surface area contributed by atoms with Crippen LogP contribution in [0.4, 0.5) is 35.0 Å². The number of fused-ring (bicyclic) bond motifs is 1. The average molecular weight is 527 g/mol. The Balaban J connectivity index is 1.53. The number of benzene rings is 2. The predicted octanol–water partition coefficient (Wildman–Crippen LogP) is 5.19. The van der Waals surface area contributed by atoms with E-state index in [9.17, 15) is 17.6 Å². The molecule has 0 spiro atoms. The molecule has 0 saturated carbocycles. The highest BCUT2D eigenvalue weighted by Crippen LogP contribution is 2.37. The Morgan fingerprint density at radius 2 is 1.87 bits per heavy atom. The van der Waals surface area contributed by atoms with E-state index in [0.29, 0.717) is 35.1 Å². The zero-order chi connectivity index (χ0) is 26.9. The Kier molecular flexibility index (Phi) is 6.98. The van der Waals surface area contributed by atoms with Crippen LogP contribution in [0.25, 0.3) is 5.69 Å². The van der Waals surface area contributed by atoms with Gasteiger partial charge in [-0.1, -0.05) is 30.3 Å². The molecular formula is C26H26F4N8. The number of hydrogen-bond donors (Lipinski definition) is 2. The van der Waals surface area contributed by atoms with Crippen molar-refractivity contribution in [2.75, 3.05) is 30.3 Å². The van der Waals surface area contributed by atoms with E-state index in [1.165, 1.54) is 22.0 Å². The zero-order valence-corrected chi connectivity index (χ0v) is 20.8. The fourth-order valence-corrected chi connectivity index (χ4v) is 4.69. The van der Waals surface area contributed by atoms with Crippen LogP contribution < -0.4 is 10.6 Å². The van der Waals surface area contributed by atoms with Crippen LogP contribution in [-0.4, -0.2) is 55.4 Å². The van der Waals surface area contributed by atoms with Gasteiger partial charge in [0.2, 0.25) is 5.95 Å². The number of nitrogens with one attached hydrogen (secondary N) is 2. The summed E-state index contributed by atoms with van der Waals surface area (Å²) in [5.41, 5.74) is 2.77. The van der Waals surface area contributed by atoms with E-state index in [1.54, 1.807) is 19.1 Å². The van der Waals surface area contributed by atoms with Crippen LogP contribution >= 0.6 is 0 Å². The first kappa shape index (κ1) is 25.6. The highest BCUT2D eigenvalue weighted by molar-refractivity contribution is 5.60. The van der Waals surface area contributed by atoms with Gasteiger partial charge in [0.15, 0.2) is 5.82 Å². The predicted molar refractivity (Wildman–Crippen MR) is 135 cm³/mol. The normalized spacial score (nSPS) is 15.8. The monoisotopic (exact) mass is 526 g/mol. The van der Waals surface area contributed by atoms with Gasteiger partial charge in [0.05, 0.1) is 12.2 Å². The van der Waals surface area contributed by atoms with Gasteiger partial charge in [0.1, 0.15) is 23.7 Å². The summed E-state index contributed by atoms with van der Waals surface area (Å²) in [6.07, 6.45) is -2.98. The molecule has 0 radical (unpaired) electrons. The van der Waals surface area contributed by atoms with Crippen LogP contribution in [0.3, 0.4) is 0 Å². The van der Waals surface area contributed by atoms with Crippen molar-refractivity contribution in [3.63, 3.8) is 0 Å². The second kappa shape index (κ2) is 10.4. The topological polar surface area (TPSA) is 83.8 Å². The van der Waals surface area contributed by atoms with Gasteiger partial charge in [-0.15, -0.1) is 0 Å². The number of rotatable bonds is 7. The van der Waals surface area contributed by atoms with Gasteiger partial charge in [-0.25, -0.2) is 19.0 Å². The Morgan fingerprint density at radius 1 is 1.08 bits per heavy atom. The number of anilines is 3. The highest BCUT2D eigenvalue weighted by Gasteiger charge is 2.37. The molecule has 1 unspecified atom stereocenters. The van der Waals surface area contributed by atoms with E-state index in [-0.39, 0.29) is 24.7 Å². The fraction of sp³-hybridized carbons (Fsp3) is 0.308. The maximum absolute atomic E-state index is 15.0. The summed E-state index contributed by atoms with van der Waals surface area (Å²) >= 11 is 0. The minimum atomic E-state index is -4.33. The number of hydrogen-bond acceptors (Lipinski definition) is 7. The number of alkyl halides is 3. The van der Waals surface area contributed by atoms with Gasteiger partial charge < -0.3 is 10.6 Å². The summed E-state index contributed by atoms with van der Waals surface area (Å²) in [5, 5.41) is 10.3. The first-order valence-electron chi connectivity index (χ1n) is 12.1. The number of aromatic nitrogens is 5. The van der Waals surface area contributed by atoms with Crippen LogP contribution in [0.15, 0.2) is 54.9 Å². The molecule has 1 aliphatic rings. The van der Waals surface area contributed by atoms with Crippen molar-refractivity contribution in [3.8, 4) is 5.69 Å². The second-order valence-corrected chi connectivity index (χ2v) is 9.05. The van der Waals surface area contributed by atoms with Crippen molar-refractivity contribution in [1.82, 2.24) is 29.6 Å². The van der Waals surface area contributed by atoms with Crippen molar-refractivity contribution >= 4 is 17.5 Å². The van der Waals surface area contributed by atoms with Crippen LogP contribution in [0.1, 0.15) is 35.5 Å². The molecule has 8 nitrogen and oxygen atoms in total. The SMILES string of the molecule is CCNc1nc(Nc2ccc(-n3ncnc3C)c(F)c2)nc2c1CN(CC(F)(F)F)CC2c1ccccc1. The molecule has 4 aromatic rings. The molecule has 2 N–H and O–H groups in total. The quantitative estimate of drug-likeness (QED) is 0.321. The standard InChI is InChI=1S/C26H26F4N8/c1-3-31-24-20-13-37(14-26(28,29)30)12-19(17-7-5-4-6-8-17)23(20)35-25(36-24)34-18-9-10-22(21(27)11-18)38-16(2)32-15-33-38/h4-11,15,19H,3,12-14H2,1-2H3,(H2,31,34,35,36). The van der Waals surface area contributed by atoms with Crippen LogP contribution in [0.5, 0.6) is 0 Å². The van der Waals surface area contributed by atoms with Crippen LogP contribution in [0, 0.1) is 12.7 Å². The molecule has 2 aromatic heterocycles. The smallest absolute Gasteiger partial charge is 0.370 e. The molecule has 2 aromatic carbocycles. The summed E-state index contributed by atoms with van der Waals surface area (Å²) in [6, 6.07) is 13.9. The maximum atomic E-state index is 15.0. The molecule has 0 bridgehead atoms. The van der Waals surface area contributed by atoms with Gasteiger partial charge in [0.25, 0.3) is 0 Å². The van der Waals surface area contributed by atoms with Gasteiger partial charge >= 0.3 is 6.18 Å². The fourth-order valence-electron chi connectivity index (χ4n) is 4.69. The summed E-state index contributed by atoms with van der Waals surface area (Å²) in [4.78, 5) is 14.7. The highest BCUT2D eigenvalue weighted by atomic mass is 19.4. The van der Waals surface area contributed by atoms with E-state index < -0.39 is 24.5 Å². The third-order valence-electron chi connectivity index (χ3n) is 6.29. The maximum Gasteiger partial charge on any atom is 0.401 e. The lowest BCUT2D eigenvalue weighted by Gasteiger charge is -2.35. The first-order valence-corrected chi connectivity index (χ1v) is 12.1. The van der Waals surface area contributed by atoms with E-state index in [2.05, 4.69) is 25.7 Å². The van der Waals surface area contributed by atoms with Crippen molar-refractivity contribution in [1.29, 1.82) is 0 Å². The third-order valence-corrected chi connectivity index (χ3v) is 6.29. The Hall–Kier alpha value is -4.06. The second-order valence-electron chi connectivity index (χ2n) is 9.05. The lowest BCUT2D eigenvalue weighted by Crippen LogP contribution is -2.41. The molecular weight excluding hydrogens is 500 g/mol. The van der Waals surface area contributed by atoms with Crippen LogP contribution in [-0.2, 0) is 6.54 Å². The van der Waals surface area contributed by atoms with E-state index in [0.717, 1.165) is 5.56 Å². The van der Waals surface area contributed by atoms with Gasteiger partial charge in [-0.05, 0) is 37.6 Å². The van der Waals surface area contributed by atoms with Crippen molar-refractivity contribution in [2.45, 2.75) is 32.5 Å². The summed E-state index contributed by atoms with van der Waals surface area (Å²) in [5.74, 6) is 0.289. The van der Waals surface area contributed by atoms with Crippen molar-refractivity contribution < 1.29 is 17.6 Å². The summed E-state index contributed by atoms with van der Waals surface area (Å²) in [7, 11) is 0. The third kappa shape index (κ3) is 5.44. The zero-order valence-electron chi connectivity index (χ0n) is 20.8. The molecule has 3 heterocycles. The van der Waals surface area contributed by atoms with Crippen molar-refractivity contribution in [2.24, 2.45) is 0 Å². The molecule has 198 valence electrons. The molecule has 0 fully saturated rings. The molecule has 1 aliphatic heterocycles. The minimum absolute atomic E-state index is 0.0569. The molecule has 38 heavy (non-hydrogen) atoms. The molecule has 1 atom stereocenters. The van der Waals surface area contributed by atoms with E-state index in [4.69, 9.17) is 4.98 Å². The van der Waals surface area contributed by atoms with Gasteiger partial charge in [-0.3, -0.25) is 4.90 Å². The van der Waals surface area contributed by atoms with E-state index in [1.807, 2.05) is 37.3 Å². The largest absolute Gasteiger partial charge is 0.401 e. The molecule has 0 saturated heterocycles. The van der Waals surface area contributed by atoms with Gasteiger partial charge in [0, 0.05) is 36.8 Å².